The topological polar surface area (TPSA) is 228 Å². The van der Waals surface area contributed by atoms with Crippen LogP contribution in [0.1, 0.15) is 187 Å². The standard InChI is InChI=1S/C51H93NO13/c1-3-5-7-9-11-13-15-17-18-19-20-21-23-25-27-29-31-33-35-43(56)52-39(40(55)34-32-30-28-26-24-22-16-14-12-10-8-6-4-2)38-62-50-48(61)46(59)49(42(37-54)64-50)65-51-47(60)45(58)44(57)41(36-53)63-51/h12,14,24,26,32,34,39-42,44-51,53-55,57-61H,3-11,13,15-23,25,27-31,33,35-38H2,1-2H3,(H,52,56)/b14-12+,26-24+,34-32+. The Morgan fingerprint density at radius 1 is 0.538 bits per heavy atom. The molecule has 2 rings (SSSR count). The lowest BCUT2D eigenvalue weighted by Gasteiger charge is -2.46. The molecule has 0 saturated carbocycles. The Morgan fingerprint density at radius 2 is 0.985 bits per heavy atom. The number of unbranched alkanes of at least 4 members (excludes halogenated alkanes) is 22. The van der Waals surface area contributed by atoms with E-state index in [0.717, 1.165) is 44.9 Å². The summed E-state index contributed by atoms with van der Waals surface area (Å²) < 4.78 is 22.7. The van der Waals surface area contributed by atoms with Crippen molar-refractivity contribution in [2.75, 3.05) is 19.8 Å². The van der Waals surface area contributed by atoms with Gasteiger partial charge in [-0.3, -0.25) is 4.79 Å². The van der Waals surface area contributed by atoms with E-state index in [2.05, 4.69) is 43.5 Å². The van der Waals surface area contributed by atoms with Crippen molar-refractivity contribution in [3.8, 4) is 0 Å². The van der Waals surface area contributed by atoms with Crippen LogP contribution in [0.4, 0.5) is 0 Å². The van der Waals surface area contributed by atoms with Crippen molar-refractivity contribution >= 4 is 5.91 Å². The number of allylic oxidation sites excluding steroid dienone is 5. The van der Waals surface area contributed by atoms with Crippen molar-refractivity contribution in [3.63, 3.8) is 0 Å². The molecule has 1 amide bonds. The molecule has 0 aromatic rings. The molecule has 0 spiro atoms. The molecular formula is C51H93NO13. The van der Waals surface area contributed by atoms with Crippen LogP contribution in [0.25, 0.3) is 0 Å². The minimum atomic E-state index is -1.79. The summed E-state index contributed by atoms with van der Waals surface area (Å²) in [7, 11) is 0. The first kappa shape index (κ1) is 59.3. The molecule has 2 aliphatic heterocycles. The molecule has 65 heavy (non-hydrogen) atoms. The van der Waals surface area contributed by atoms with E-state index < -0.39 is 86.8 Å². The van der Waals surface area contributed by atoms with Gasteiger partial charge in [0.2, 0.25) is 5.91 Å². The second-order valence-electron chi connectivity index (χ2n) is 18.3. The van der Waals surface area contributed by atoms with Crippen molar-refractivity contribution in [2.45, 2.75) is 261 Å². The monoisotopic (exact) mass is 928 g/mol. The zero-order chi connectivity index (χ0) is 47.5. The highest BCUT2D eigenvalue weighted by molar-refractivity contribution is 5.76. The van der Waals surface area contributed by atoms with E-state index in [1.165, 1.54) is 109 Å². The zero-order valence-electron chi connectivity index (χ0n) is 40.2. The molecule has 0 aromatic carbocycles. The van der Waals surface area contributed by atoms with Crippen LogP contribution in [-0.2, 0) is 23.7 Å². The molecule has 14 heteroatoms. The van der Waals surface area contributed by atoms with Gasteiger partial charge in [-0.25, -0.2) is 0 Å². The van der Waals surface area contributed by atoms with Crippen LogP contribution in [0.2, 0.25) is 0 Å². The van der Waals surface area contributed by atoms with Gasteiger partial charge in [0.15, 0.2) is 12.6 Å². The van der Waals surface area contributed by atoms with Crippen molar-refractivity contribution in [1.29, 1.82) is 0 Å². The first-order chi connectivity index (χ1) is 31.6. The number of rotatable bonds is 39. The number of aliphatic hydroxyl groups is 8. The van der Waals surface area contributed by atoms with Crippen LogP contribution >= 0.6 is 0 Å². The Balaban J connectivity index is 1.84. The molecule has 12 unspecified atom stereocenters. The number of amides is 1. The van der Waals surface area contributed by atoms with Gasteiger partial charge in [0.25, 0.3) is 0 Å². The minimum absolute atomic E-state index is 0.253. The molecule has 0 bridgehead atoms. The Bertz CT molecular complexity index is 1230. The minimum Gasteiger partial charge on any atom is -0.394 e. The summed E-state index contributed by atoms with van der Waals surface area (Å²) in [6.07, 6.45) is 26.2. The van der Waals surface area contributed by atoms with Crippen molar-refractivity contribution in [3.05, 3.63) is 36.5 Å². The first-order valence-electron chi connectivity index (χ1n) is 25.7. The molecule has 0 aliphatic carbocycles. The maximum atomic E-state index is 13.2. The summed E-state index contributed by atoms with van der Waals surface area (Å²) in [6, 6.07) is -0.933. The van der Waals surface area contributed by atoms with Gasteiger partial charge in [0.05, 0.1) is 32.0 Å². The fourth-order valence-corrected chi connectivity index (χ4v) is 8.32. The van der Waals surface area contributed by atoms with Crippen molar-refractivity contribution in [2.24, 2.45) is 0 Å². The van der Waals surface area contributed by atoms with Gasteiger partial charge in [0.1, 0.15) is 48.8 Å². The normalized spacial score (nSPS) is 27.3. The van der Waals surface area contributed by atoms with Gasteiger partial charge in [-0.15, -0.1) is 0 Å². The predicted molar refractivity (Wildman–Crippen MR) is 254 cm³/mol. The van der Waals surface area contributed by atoms with Gasteiger partial charge in [0, 0.05) is 6.42 Å². The number of aliphatic hydroxyl groups excluding tert-OH is 8. The van der Waals surface area contributed by atoms with Gasteiger partial charge in [-0.2, -0.15) is 0 Å². The van der Waals surface area contributed by atoms with E-state index in [1.807, 2.05) is 6.08 Å². The SMILES string of the molecule is CCCCC/C=C/CC/C=C/CC/C=C/C(O)C(COC1OC(CO)C(OC2OC(CO)C(O)C(O)C2O)C(O)C1O)NC(=O)CCCCCCCCCCCCCCCCCCCC. The number of hydrogen-bond donors (Lipinski definition) is 9. The van der Waals surface area contributed by atoms with Gasteiger partial charge >= 0.3 is 0 Å². The Labute approximate surface area is 391 Å². The van der Waals surface area contributed by atoms with Gasteiger partial charge in [-0.05, 0) is 44.9 Å². The number of ether oxygens (including phenoxy) is 4. The summed E-state index contributed by atoms with van der Waals surface area (Å²) in [5.74, 6) is -0.253. The highest BCUT2D eigenvalue weighted by Gasteiger charge is 2.51. The number of nitrogens with one attached hydrogen (secondary N) is 1. The average Bonchev–Trinajstić information content (AvgIpc) is 3.30. The average molecular weight is 928 g/mol. The lowest BCUT2D eigenvalue weighted by Crippen LogP contribution is -2.65. The van der Waals surface area contributed by atoms with E-state index in [0.29, 0.717) is 12.8 Å². The van der Waals surface area contributed by atoms with Crippen LogP contribution in [-0.4, -0.2) is 140 Å². The van der Waals surface area contributed by atoms with Crippen LogP contribution in [0.3, 0.4) is 0 Å². The summed E-state index contributed by atoms with van der Waals surface area (Å²) in [5.41, 5.74) is 0. The molecule has 2 saturated heterocycles. The highest BCUT2D eigenvalue weighted by atomic mass is 16.7. The number of carbonyl (C=O) groups is 1. The molecule has 2 heterocycles. The van der Waals surface area contributed by atoms with Crippen LogP contribution < -0.4 is 5.32 Å². The summed E-state index contributed by atoms with van der Waals surface area (Å²) >= 11 is 0. The lowest BCUT2D eigenvalue weighted by molar-refractivity contribution is -0.359. The molecule has 0 radical (unpaired) electrons. The first-order valence-corrected chi connectivity index (χ1v) is 25.7. The largest absolute Gasteiger partial charge is 0.394 e. The van der Waals surface area contributed by atoms with E-state index in [1.54, 1.807) is 6.08 Å². The molecule has 14 nitrogen and oxygen atoms in total. The van der Waals surface area contributed by atoms with E-state index in [-0.39, 0.29) is 18.9 Å². The molecule has 0 aromatic heterocycles. The van der Waals surface area contributed by atoms with Gasteiger partial charge < -0.3 is 65.1 Å². The van der Waals surface area contributed by atoms with E-state index in [9.17, 15) is 45.6 Å². The third-order valence-corrected chi connectivity index (χ3v) is 12.6. The Kier molecular flexibility index (Phi) is 34.8. The molecule has 12 atom stereocenters. The Morgan fingerprint density at radius 3 is 1.51 bits per heavy atom. The maximum absolute atomic E-state index is 13.2. The fourth-order valence-electron chi connectivity index (χ4n) is 8.32. The molecule has 2 aliphatic rings. The second-order valence-corrected chi connectivity index (χ2v) is 18.3. The summed E-state index contributed by atoms with van der Waals surface area (Å²) in [5, 5.41) is 86.7. The van der Waals surface area contributed by atoms with Crippen molar-refractivity contribution < 1.29 is 64.6 Å². The summed E-state index contributed by atoms with van der Waals surface area (Å²) in [6.45, 7) is 2.72. The van der Waals surface area contributed by atoms with Crippen LogP contribution in [0.15, 0.2) is 36.5 Å². The second kappa shape index (κ2) is 38.1. The maximum Gasteiger partial charge on any atom is 0.220 e. The smallest absolute Gasteiger partial charge is 0.220 e. The van der Waals surface area contributed by atoms with Crippen molar-refractivity contribution in [1.82, 2.24) is 5.32 Å². The zero-order valence-corrected chi connectivity index (χ0v) is 40.2. The van der Waals surface area contributed by atoms with E-state index >= 15 is 0 Å². The van der Waals surface area contributed by atoms with Crippen LogP contribution in [0.5, 0.6) is 0 Å². The third-order valence-electron chi connectivity index (χ3n) is 12.6. The Hall–Kier alpha value is -1.79. The van der Waals surface area contributed by atoms with Gasteiger partial charge in [-0.1, -0.05) is 172 Å². The highest BCUT2D eigenvalue weighted by Crippen LogP contribution is 2.30. The lowest BCUT2D eigenvalue weighted by atomic mass is 9.97. The van der Waals surface area contributed by atoms with Crippen LogP contribution in [0, 0.1) is 0 Å². The number of carbonyl (C=O) groups excluding carboxylic acids is 1. The molecule has 380 valence electrons. The number of hydrogen-bond acceptors (Lipinski definition) is 13. The molecule has 9 N–H and O–H groups in total. The molecule has 2 fully saturated rings. The quantitative estimate of drug-likeness (QED) is 0.0231. The third kappa shape index (κ3) is 25.4. The summed E-state index contributed by atoms with van der Waals surface area (Å²) in [4.78, 5) is 13.2. The predicted octanol–water partition coefficient (Wildman–Crippen LogP) is 6.71. The molecular weight excluding hydrogens is 835 g/mol. The van der Waals surface area contributed by atoms with E-state index in [4.69, 9.17) is 18.9 Å². The fraction of sp³-hybridized carbons (Fsp3) is 0.863.